The van der Waals surface area contributed by atoms with Crippen LogP contribution in [-0.2, 0) is 17.8 Å². The molecule has 6 heteroatoms. The normalized spacial score (nSPS) is 16.2. The number of hydrogen-bond donors (Lipinski definition) is 1. The van der Waals surface area contributed by atoms with Crippen molar-refractivity contribution >= 4 is 17.5 Å². The molecule has 0 aliphatic carbocycles. The van der Waals surface area contributed by atoms with Gasteiger partial charge in [-0.15, -0.1) is 0 Å². The average molecular weight is 381 g/mol. The van der Waals surface area contributed by atoms with Gasteiger partial charge in [0.2, 0.25) is 5.91 Å². The number of carbonyl (C=O) groups is 2. The molecule has 3 rings (SSSR count). The maximum atomic E-state index is 13.0. The summed E-state index contributed by atoms with van der Waals surface area (Å²) in [5.74, 6) is 0.248. The van der Waals surface area contributed by atoms with Crippen LogP contribution in [-0.4, -0.2) is 55.4 Å². The van der Waals surface area contributed by atoms with Gasteiger partial charge in [-0.05, 0) is 42.3 Å². The number of carbonyl (C=O) groups excluding carboxylic acids is 2. The molecule has 0 bridgehead atoms. The highest BCUT2D eigenvalue weighted by atomic mass is 16.5. The van der Waals surface area contributed by atoms with Crippen molar-refractivity contribution in [3.8, 4) is 5.75 Å². The third-order valence-corrected chi connectivity index (χ3v) is 5.16. The van der Waals surface area contributed by atoms with Crippen molar-refractivity contribution in [1.82, 2.24) is 9.80 Å². The second kappa shape index (κ2) is 8.44. The zero-order valence-corrected chi connectivity index (χ0v) is 16.9. The van der Waals surface area contributed by atoms with Crippen LogP contribution in [0.4, 0.5) is 5.69 Å². The van der Waals surface area contributed by atoms with Crippen molar-refractivity contribution < 1.29 is 14.3 Å². The lowest BCUT2D eigenvalue weighted by Crippen LogP contribution is -2.47. The van der Waals surface area contributed by atoms with Crippen LogP contribution in [0.5, 0.6) is 5.75 Å². The number of nitrogens with one attached hydrogen (secondary N) is 1. The van der Waals surface area contributed by atoms with E-state index in [9.17, 15) is 9.59 Å². The standard InChI is InChI=1S/C22H27N3O3/c1-5-25-14-16-9-7-6-8-15(16)12-19(25)21(26)23-17-10-11-20(28-4)18(13-17)22(27)24(2)3/h6-11,13,19H,5,12,14H2,1-4H3,(H,23,26). The van der Waals surface area contributed by atoms with Crippen molar-refractivity contribution in [3.05, 3.63) is 59.2 Å². The summed E-state index contributed by atoms with van der Waals surface area (Å²) in [7, 11) is 4.90. The summed E-state index contributed by atoms with van der Waals surface area (Å²) in [6.45, 7) is 3.62. The minimum Gasteiger partial charge on any atom is -0.496 e. The second-order valence-corrected chi connectivity index (χ2v) is 7.16. The molecule has 0 saturated carbocycles. The highest BCUT2D eigenvalue weighted by Gasteiger charge is 2.30. The minimum absolute atomic E-state index is 0.0650. The monoisotopic (exact) mass is 381 g/mol. The van der Waals surface area contributed by atoms with Gasteiger partial charge in [-0.3, -0.25) is 14.5 Å². The van der Waals surface area contributed by atoms with Crippen LogP contribution in [0.15, 0.2) is 42.5 Å². The van der Waals surface area contributed by atoms with Gasteiger partial charge in [-0.1, -0.05) is 31.2 Å². The van der Waals surface area contributed by atoms with E-state index in [0.717, 1.165) is 13.1 Å². The molecule has 0 aromatic heterocycles. The largest absolute Gasteiger partial charge is 0.496 e. The van der Waals surface area contributed by atoms with E-state index in [0.29, 0.717) is 23.4 Å². The smallest absolute Gasteiger partial charge is 0.257 e. The van der Waals surface area contributed by atoms with E-state index in [-0.39, 0.29) is 17.9 Å². The van der Waals surface area contributed by atoms with Gasteiger partial charge in [-0.2, -0.15) is 0 Å². The fourth-order valence-corrected chi connectivity index (χ4v) is 3.59. The third-order valence-electron chi connectivity index (χ3n) is 5.16. The van der Waals surface area contributed by atoms with Crippen molar-refractivity contribution in [2.75, 3.05) is 33.1 Å². The molecule has 1 unspecified atom stereocenters. The summed E-state index contributed by atoms with van der Waals surface area (Å²) < 4.78 is 5.30. The molecule has 1 aliphatic heterocycles. The number of rotatable bonds is 5. The zero-order chi connectivity index (χ0) is 20.3. The topological polar surface area (TPSA) is 61.9 Å². The van der Waals surface area contributed by atoms with Crippen LogP contribution in [0.25, 0.3) is 0 Å². The van der Waals surface area contributed by atoms with E-state index in [4.69, 9.17) is 4.74 Å². The van der Waals surface area contributed by atoms with Gasteiger partial charge in [0.15, 0.2) is 0 Å². The molecule has 0 fully saturated rings. The molecule has 148 valence electrons. The fourth-order valence-electron chi connectivity index (χ4n) is 3.59. The SMILES string of the molecule is CCN1Cc2ccccc2CC1C(=O)Nc1ccc(OC)c(C(=O)N(C)C)c1. The van der Waals surface area contributed by atoms with Crippen molar-refractivity contribution in [3.63, 3.8) is 0 Å². The summed E-state index contributed by atoms with van der Waals surface area (Å²) >= 11 is 0. The lowest BCUT2D eigenvalue weighted by Gasteiger charge is -2.35. The number of fused-ring (bicyclic) bond motifs is 1. The van der Waals surface area contributed by atoms with Gasteiger partial charge in [0.1, 0.15) is 5.75 Å². The third kappa shape index (κ3) is 4.02. The van der Waals surface area contributed by atoms with Crippen molar-refractivity contribution in [1.29, 1.82) is 0 Å². The molecule has 0 radical (unpaired) electrons. The number of amides is 2. The number of nitrogens with zero attached hydrogens (tertiary/aromatic N) is 2. The first-order chi connectivity index (χ1) is 13.4. The molecule has 0 spiro atoms. The average Bonchev–Trinajstić information content (AvgIpc) is 2.71. The first-order valence-corrected chi connectivity index (χ1v) is 9.46. The Morgan fingerprint density at radius 2 is 1.89 bits per heavy atom. The van der Waals surface area contributed by atoms with Crippen molar-refractivity contribution in [2.24, 2.45) is 0 Å². The van der Waals surface area contributed by atoms with Crippen LogP contribution >= 0.6 is 0 Å². The van der Waals surface area contributed by atoms with Crippen LogP contribution in [0.3, 0.4) is 0 Å². The van der Waals surface area contributed by atoms with Crippen LogP contribution < -0.4 is 10.1 Å². The molecule has 28 heavy (non-hydrogen) atoms. The van der Waals surface area contributed by atoms with Gasteiger partial charge in [0.25, 0.3) is 5.91 Å². The minimum atomic E-state index is -0.241. The highest BCUT2D eigenvalue weighted by Crippen LogP contribution is 2.26. The number of methoxy groups -OCH3 is 1. The number of benzene rings is 2. The Morgan fingerprint density at radius 1 is 1.18 bits per heavy atom. The molecule has 1 heterocycles. The molecule has 1 aliphatic rings. The number of hydrogen-bond acceptors (Lipinski definition) is 4. The van der Waals surface area contributed by atoms with Gasteiger partial charge >= 0.3 is 0 Å². The Morgan fingerprint density at radius 3 is 2.54 bits per heavy atom. The maximum Gasteiger partial charge on any atom is 0.257 e. The van der Waals surface area contributed by atoms with Crippen molar-refractivity contribution in [2.45, 2.75) is 25.9 Å². The summed E-state index contributed by atoms with van der Waals surface area (Å²) in [6, 6.07) is 13.2. The molecule has 1 N–H and O–H groups in total. The lowest BCUT2D eigenvalue weighted by molar-refractivity contribution is -0.121. The Bertz CT molecular complexity index is 879. The van der Waals surface area contributed by atoms with Gasteiger partial charge < -0.3 is 15.0 Å². The Kier molecular flexibility index (Phi) is 5.99. The quantitative estimate of drug-likeness (QED) is 0.865. The first kappa shape index (κ1) is 19.9. The molecule has 1 atom stereocenters. The van der Waals surface area contributed by atoms with Gasteiger partial charge in [-0.25, -0.2) is 0 Å². The summed E-state index contributed by atoms with van der Waals surface area (Å²) in [4.78, 5) is 29.1. The molecule has 0 saturated heterocycles. The van der Waals surface area contributed by atoms with E-state index in [1.165, 1.54) is 23.1 Å². The first-order valence-electron chi connectivity index (χ1n) is 9.46. The predicted octanol–water partition coefficient (Wildman–Crippen LogP) is 2.78. The number of likely N-dealkylation sites (N-methyl/N-ethyl adjacent to an activating group) is 1. The molecule has 6 nitrogen and oxygen atoms in total. The summed E-state index contributed by atoms with van der Waals surface area (Å²) in [5, 5.41) is 2.99. The zero-order valence-electron chi connectivity index (χ0n) is 16.9. The lowest BCUT2D eigenvalue weighted by atomic mass is 9.93. The van der Waals surface area contributed by atoms with E-state index in [1.807, 2.05) is 12.1 Å². The Labute approximate surface area is 166 Å². The van der Waals surface area contributed by atoms with E-state index in [1.54, 1.807) is 32.3 Å². The summed E-state index contributed by atoms with van der Waals surface area (Å²) in [6.07, 6.45) is 0.676. The molecule has 2 amide bonds. The molecular formula is C22H27N3O3. The van der Waals surface area contributed by atoms with E-state index in [2.05, 4.69) is 29.3 Å². The number of ether oxygens (including phenoxy) is 1. The van der Waals surface area contributed by atoms with Gasteiger partial charge in [0, 0.05) is 26.3 Å². The van der Waals surface area contributed by atoms with E-state index >= 15 is 0 Å². The molecule has 2 aromatic carbocycles. The summed E-state index contributed by atoms with van der Waals surface area (Å²) in [5.41, 5.74) is 3.50. The van der Waals surface area contributed by atoms with Gasteiger partial charge in [0.05, 0.1) is 18.7 Å². The number of anilines is 1. The predicted molar refractivity (Wildman–Crippen MR) is 110 cm³/mol. The van der Waals surface area contributed by atoms with Crippen LogP contribution in [0, 0.1) is 0 Å². The maximum absolute atomic E-state index is 13.0. The molecular weight excluding hydrogens is 354 g/mol. The second-order valence-electron chi connectivity index (χ2n) is 7.16. The van der Waals surface area contributed by atoms with Crippen LogP contribution in [0.1, 0.15) is 28.4 Å². The Hall–Kier alpha value is -2.86. The Balaban J connectivity index is 1.82. The van der Waals surface area contributed by atoms with E-state index < -0.39 is 0 Å². The highest BCUT2D eigenvalue weighted by molar-refractivity contribution is 6.00. The van der Waals surface area contributed by atoms with Crippen LogP contribution in [0.2, 0.25) is 0 Å². The fraction of sp³-hybridized carbons (Fsp3) is 0.364. The molecule has 2 aromatic rings.